The highest BCUT2D eigenvalue weighted by Crippen LogP contribution is 2.71. The first-order valence-corrected chi connectivity index (χ1v) is 14.2. The number of aliphatic hydroxyl groups excluding tert-OH is 1. The SMILES string of the molecule is C=CCOC(=O)[C@@H]1[C@H]2C(=O)N(CCCCO)C(C(=O)N(CC=C)Cn3nnc4ccccc43)C23CC[C@@]1(C)S3. The molecule has 2 unspecified atom stereocenters. The summed E-state index contributed by atoms with van der Waals surface area (Å²) in [7, 11) is 0. The van der Waals surface area contributed by atoms with E-state index in [0.717, 1.165) is 11.0 Å². The zero-order chi connectivity index (χ0) is 27.8. The summed E-state index contributed by atoms with van der Waals surface area (Å²) in [5.74, 6) is -2.10. The minimum Gasteiger partial charge on any atom is -0.461 e. The first-order chi connectivity index (χ1) is 18.8. The lowest BCUT2D eigenvalue weighted by molar-refractivity contribution is -0.154. The van der Waals surface area contributed by atoms with E-state index in [1.54, 1.807) is 32.3 Å². The molecule has 1 aromatic carbocycles. The number of likely N-dealkylation sites (tertiary alicyclic amines) is 1. The van der Waals surface area contributed by atoms with Gasteiger partial charge in [-0.3, -0.25) is 14.4 Å². The van der Waals surface area contributed by atoms with Gasteiger partial charge in [-0.05, 0) is 44.7 Å². The Labute approximate surface area is 232 Å². The Morgan fingerprint density at radius 1 is 1.26 bits per heavy atom. The molecule has 39 heavy (non-hydrogen) atoms. The fourth-order valence-corrected chi connectivity index (χ4v) is 9.00. The molecule has 4 heterocycles. The molecule has 1 spiro atoms. The molecule has 10 nitrogen and oxygen atoms in total. The van der Waals surface area contributed by atoms with E-state index < -0.39 is 33.3 Å². The number of aliphatic hydroxyl groups is 1. The van der Waals surface area contributed by atoms with Crippen LogP contribution in [-0.2, 0) is 25.8 Å². The van der Waals surface area contributed by atoms with Crippen LogP contribution in [0.4, 0.5) is 0 Å². The summed E-state index contributed by atoms with van der Waals surface area (Å²) in [6.45, 7) is 10.3. The fourth-order valence-electron chi connectivity index (χ4n) is 6.66. The van der Waals surface area contributed by atoms with Crippen molar-refractivity contribution in [3.8, 4) is 0 Å². The molecule has 0 aliphatic carbocycles. The van der Waals surface area contributed by atoms with Gasteiger partial charge in [0.2, 0.25) is 11.8 Å². The van der Waals surface area contributed by atoms with Crippen LogP contribution in [0.3, 0.4) is 0 Å². The molecule has 208 valence electrons. The number of hydrogen-bond acceptors (Lipinski definition) is 8. The van der Waals surface area contributed by atoms with Crippen LogP contribution < -0.4 is 0 Å². The largest absolute Gasteiger partial charge is 0.461 e. The predicted octanol–water partition coefficient (Wildman–Crippen LogP) is 2.39. The molecule has 3 aliphatic heterocycles. The predicted molar refractivity (Wildman–Crippen MR) is 147 cm³/mol. The Bertz CT molecular complexity index is 1300. The van der Waals surface area contributed by atoms with Crippen molar-refractivity contribution in [3.05, 3.63) is 49.6 Å². The summed E-state index contributed by atoms with van der Waals surface area (Å²) < 4.78 is 5.90. The van der Waals surface area contributed by atoms with Gasteiger partial charge in [-0.25, -0.2) is 4.68 Å². The molecule has 1 aromatic heterocycles. The van der Waals surface area contributed by atoms with Gasteiger partial charge in [0.1, 0.15) is 24.8 Å². The maximum absolute atomic E-state index is 14.5. The third-order valence-corrected chi connectivity index (χ3v) is 10.3. The fraction of sp³-hybridized carbons (Fsp3) is 0.536. The number of para-hydroxylation sites is 1. The number of rotatable bonds is 12. The van der Waals surface area contributed by atoms with E-state index in [4.69, 9.17) is 4.74 Å². The van der Waals surface area contributed by atoms with Crippen molar-refractivity contribution in [3.63, 3.8) is 0 Å². The summed E-state index contributed by atoms with van der Waals surface area (Å²) in [4.78, 5) is 45.2. The molecule has 5 rings (SSSR count). The van der Waals surface area contributed by atoms with Crippen molar-refractivity contribution in [1.29, 1.82) is 0 Å². The Hall–Kier alpha value is -3.18. The molecule has 5 atom stereocenters. The number of amides is 2. The number of nitrogens with zero attached hydrogens (tertiary/aromatic N) is 5. The highest BCUT2D eigenvalue weighted by atomic mass is 32.2. The lowest BCUT2D eigenvalue weighted by Gasteiger charge is -2.37. The highest BCUT2D eigenvalue weighted by molar-refractivity contribution is 8.02. The number of hydrogen-bond donors (Lipinski definition) is 1. The summed E-state index contributed by atoms with van der Waals surface area (Å²) in [5.41, 5.74) is 1.52. The van der Waals surface area contributed by atoms with Gasteiger partial charge in [0.25, 0.3) is 0 Å². The van der Waals surface area contributed by atoms with Crippen LogP contribution in [-0.4, -0.2) is 89.5 Å². The lowest BCUT2D eigenvalue weighted by atomic mass is 9.66. The minimum atomic E-state index is -0.757. The van der Waals surface area contributed by atoms with Crippen molar-refractivity contribution in [2.75, 3.05) is 26.3 Å². The molecule has 2 bridgehead atoms. The lowest BCUT2D eigenvalue weighted by Crippen LogP contribution is -2.55. The number of carbonyl (C=O) groups is 3. The van der Waals surface area contributed by atoms with Crippen molar-refractivity contribution in [2.45, 2.75) is 54.8 Å². The summed E-state index contributed by atoms with van der Waals surface area (Å²) in [5, 5.41) is 17.9. The number of esters is 1. The average molecular weight is 554 g/mol. The van der Waals surface area contributed by atoms with Crippen molar-refractivity contribution in [1.82, 2.24) is 24.8 Å². The van der Waals surface area contributed by atoms with Gasteiger partial charge in [0.15, 0.2) is 0 Å². The van der Waals surface area contributed by atoms with Crippen LogP contribution in [0.5, 0.6) is 0 Å². The Kier molecular flexibility index (Phi) is 7.56. The maximum atomic E-state index is 14.5. The number of carbonyl (C=O) groups excluding carboxylic acids is 3. The van der Waals surface area contributed by atoms with Crippen LogP contribution in [0.25, 0.3) is 11.0 Å². The minimum absolute atomic E-state index is 0.000499. The molecule has 11 heteroatoms. The quantitative estimate of drug-likeness (QED) is 0.242. The van der Waals surface area contributed by atoms with Crippen molar-refractivity contribution < 1.29 is 24.2 Å². The third kappa shape index (κ3) is 4.45. The molecule has 1 N–H and O–H groups in total. The van der Waals surface area contributed by atoms with E-state index in [1.165, 1.54) is 6.08 Å². The van der Waals surface area contributed by atoms with E-state index in [-0.39, 0.29) is 38.2 Å². The second-order valence-corrected chi connectivity index (χ2v) is 12.6. The topological polar surface area (TPSA) is 118 Å². The number of ether oxygens (including phenoxy) is 1. The number of unbranched alkanes of at least 4 members (excludes halogenated alkanes) is 1. The van der Waals surface area contributed by atoms with Crippen LogP contribution in [0.1, 0.15) is 32.6 Å². The van der Waals surface area contributed by atoms with Gasteiger partial charge >= 0.3 is 5.97 Å². The van der Waals surface area contributed by atoms with Gasteiger partial charge in [-0.15, -0.1) is 23.4 Å². The molecule has 0 saturated carbocycles. The number of aromatic nitrogens is 3. The zero-order valence-corrected chi connectivity index (χ0v) is 23.0. The van der Waals surface area contributed by atoms with Crippen molar-refractivity contribution in [2.24, 2.45) is 11.8 Å². The Morgan fingerprint density at radius 2 is 2.05 bits per heavy atom. The smallest absolute Gasteiger partial charge is 0.311 e. The first-order valence-electron chi connectivity index (χ1n) is 13.4. The second-order valence-electron chi connectivity index (χ2n) is 10.7. The van der Waals surface area contributed by atoms with E-state index in [2.05, 4.69) is 23.5 Å². The number of benzene rings is 1. The van der Waals surface area contributed by atoms with Crippen LogP contribution in [0, 0.1) is 11.8 Å². The summed E-state index contributed by atoms with van der Waals surface area (Å²) in [6.07, 6.45) is 5.60. The molecule has 3 fully saturated rings. The van der Waals surface area contributed by atoms with Gasteiger partial charge in [-0.2, -0.15) is 0 Å². The van der Waals surface area contributed by atoms with Crippen molar-refractivity contribution >= 4 is 40.6 Å². The first kappa shape index (κ1) is 27.4. The molecular formula is C28H35N5O5S. The Balaban J connectivity index is 1.52. The third-order valence-electron chi connectivity index (χ3n) is 8.30. The van der Waals surface area contributed by atoms with Gasteiger partial charge in [0, 0.05) is 24.4 Å². The van der Waals surface area contributed by atoms with Gasteiger partial charge < -0.3 is 19.6 Å². The molecule has 2 aromatic rings. The monoisotopic (exact) mass is 553 g/mol. The average Bonchev–Trinajstić information content (AvgIpc) is 3.63. The Morgan fingerprint density at radius 3 is 2.79 bits per heavy atom. The standard InChI is InChI=1S/C28H35N5O5S/c1-4-14-31(18-33-20-11-7-6-10-19(20)29-30-33)25(36)23-28-13-12-27(3,39-28)22(26(37)38-17-5-2)21(28)24(35)32(23)15-8-9-16-34/h4-7,10-11,21-23,34H,1-2,8-9,12-18H2,3H3/t21-,22-,23?,27+,28?/m0/s1. The maximum Gasteiger partial charge on any atom is 0.311 e. The highest BCUT2D eigenvalue weighted by Gasteiger charge is 2.77. The number of thioether (sulfide) groups is 1. The van der Waals surface area contributed by atoms with Crippen LogP contribution in [0.2, 0.25) is 0 Å². The summed E-state index contributed by atoms with van der Waals surface area (Å²) >= 11 is 1.60. The van der Waals surface area contributed by atoms with E-state index >= 15 is 0 Å². The van der Waals surface area contributed by atoms with Gasteiger partial charge in [-0.1, -0.05) is 36.1 Å². The molecule has 2 amide bonds. The second kappa shape index (κ2) is 10.8. The molecular weight excluding hydrogens is 518 g/mol. The normalized spacial score (nSPS) is 29.0. The van der Waals surface area contributed by atoms with E-state index in [9.17, 15) is 19.5 Å². The number of fused-ring (bicyclic) bond motifs is 2. The molecule has 3 aliphatic rings. The van der Waals surface area contributed by atoms with Crippen LogP contribution >= 0.6 is 11.8 Å². The summed E-state index contributed by atoms with van der Waals surface area (Å²) in [6, 6.07) is 6.78. The molecule has 0 radical (unpaired) electrons. The van der Waals surface area contributed by atoms with E-state index in [1.807, 2.05) is 31.2 Å². The molecule has 3 saturated heterocycles. The van der Waals surface area contributed by atoms with Crippen LogP contribution in [0.15, 0.2) is 49.6 Å². The zero-order valence-electron chi connectivity index (χ0n) is 22.2. The van der Waals surface area contributed by atoms with Gasteiger partial charge in [0.05, 0.1) is 22.1 Å². The van der Waals surface area contributed by atoms with E-state index in [0.29, 0.717) is 32.2 Å².